The molecule has 1 aromatic rings. The van der Waals surface area contributed by atoms with Crippen LogP contribution in [0.2, 0.25) is 0 Å². The van der Waals surface area contributed by atoms with Crippen molar-refractivity contribution in [1.29, 1.82) is 0 Å². The summed E-state index contributed by atoms with van der Waals surface area (Å²) in [4.78, 5) is 38.8. The second-order valence-corrected chi connectivity index (χ2v) is 10.1. The van der Waals surface area contributed by atoms with Gasteiger partial charge in [-0.05, 0) is 68.1 Å². The van der Waals surface area contributed by atoms with Gasteiger partial charge in [-0.2, -0.15) is 0 Å². The Kier molecular flexibility index (Phi) is 7.05. The summed E-state index contributed by atoms with van der Waals surface area (Å²) >= 11 is 0. The number of rotatable bonds is 7. The molecule has 0 spiro atoms. The van der Waals surface area contributed by atoms with E-state index in [4.69, 9.17) is 16.2 Å². The first-order chi connectivity index (χ1) is 15.8. The van der Waals surface area contributed by atoms with Crippen molar-refractivity contribution >= 4 is 17.7 Å². The number of nitrogens with zero attached hydrogens (tertiary/aromatic N) is 1. The third-order valence-electron chi connectivity index (χ3n) is 8.04. The predicted octanol–water partition coefficient (Wildman–Crippen LogP) is 1.56. The molecule has 2 aliphatic carbocycles. The van der Waals surface area contributed by atoms with Crippen LogP contribution in [0.5, 0.6) is 0 Å². The second-order valence-electron chi connectivity index (χ2n) is 10.1. The quantitative estimate of drug-likeness (QED) is 0.574. The number of nitrogens with one attached hydrogen (secondary N) is 1. The third kappa shape index (κ3) is 5.22. The minimum atomic E-state index is -0.517. The summed E-state index contributed by atoms with van der Waals surface area (Å²) in [5.41, 5.74) is 12.2. The summed E-state index contributed by atoms with van der Waals surface area (Å²) in [6.45, 7) is 4.48. The van der Waals surface area contributed by atoms with Crippen molar-refractivity contribution in [3.8, 4) is 0 Å². The molecule has 180 valence electrons. The average molecular weight is 457 g/mol. The SMILES string of the molecule is CC[C@@]1(C(N)=O)CC2CCC(NC(=O)[C@H]3CN(Cc4ccc(C(N)=O)cc4)CCO3)C(C2)C1. The number of hydrogen-bond acceptors (Lipinski definition) is 5. The van der Waals surface area contributed by atoms with Crippen molar-refractivity contribution < 1.29 is 19.1 Å². The first-order valence-electron chi connectivity index (χ1n) is 12.1. The van der Waals surface area contributed by atoms with Gasteiger partial charge in [0.2, 0.25) is 11.8 Å². The Balaban J connectivity index is 1.34. The molecule has 1 aromatic carbocycles. The molecule has 5 N–H and O–H groups in total. The highest BCUT2D eigenvalue weighted by molar-refractivity contribution is 5.92. The zero-order chi connectivity index (χ0) is 23.6. The Hall–Kier alpha value is -2.45. The van der Waals surface area contributed by atoms with E-state index in [-0.39, 0.29) is 23.8 Å². The highest BCUT2D eigenvalue weighted by Gasteiger charge is 2.48. The van der Waals surface area contributed by atoms with Gasteiger partial charge in [-0.25, -0.2) is 0 Å². The smallest absolute Gasteiger partial charge is 0.250 e. The number of hydrogen-bond donors (Lipinski definition) is 3. The van der Waals surface area contributed by atoms with Crippen LogP contribution in [-0.4, -0.2) is 54.5 Å². The van der Waals surface area contributed by atoms with E-state index in [1.807, 2.05) is 19.1 Å². The largest absolute Gasteiger partial charge is 0.369 e. The lowest BCUT2D eigenvalue weighted by Crippen LogP contribution is -2.56. The monoisotopic (exact) mass is 456 g/mol. The highest BCUT2D eigenvalue weighted by atomic mass is 16.5. The number of fused-ring (bicyclic) bond motifs is 2. The van der Waals surface area contributed by atoms with E-state index in [1.165, 1.54) is 0 Å². The van der Waals surface area contributed by atoms with Gasteiger partial charge in [-0.15, -0.1) is 0 Å². The Morgan fingerprint density at radius 3 is 2.58 bits per heavy atom. The summed E-state index contributed by atoms with van der Waals surface area (Å²) in [7, 11) is 0. The van der Waals surface area contributed by atoms with Crippen molar-refractivity contribution in [2.24, 2.45) is 28.7 Å². The van der Waals surface area contributed by atoms with Gasteiger partial charge in [0.1, 0.15) is 6.10 Å². The van der Waals surface area contributed by atoms with Gasteiger partial charge in [0.25, 0.3) is 5.91 Å². The second kappa shape index (κ2) is 9.81. The molecule has 1 saturated heterocycles. The maximum Gasteiger partial charge on any atom is 0.250 e. The standard InChI is InChI=1S/C25H36N4O4/c1-2-25(24(27)32)12-17-5-8-20(19(11-17)13-25)28-23(31)21-15-29(9-10-33-21)14-16-3-6-18(7-4-16)22(26)30/h3-4,6-7,17,19-21H,2,5,8-15H2,1H3,(H2,26,30)(H2,27,32)(H,28,31)/t17?,19?,20?,21-,25-/m1/s1. The number of carbonyl (C=O) groups excluding carboxylic acids is 3. The van der Waals surface area contributed by atoms with Crippen molar-refractivity contribution in [3.63, 3.8) is 0 Å². The Morgan fingerprint density at radius 2 is 1.91 bits per heavy atom. The number of nitrogens with two attached hydrogens (primary N) is 2. The van der Waals surface area contributed by atoms with E-state index >= 15 is 0 Å². The first-order valence-corrected chi connectivity index (χ1v) is 12.1. The number of carbonyl (C=O) groups is 3. The van der Waals surface area contributed by atoms with Crippen molar-refractivity contribution in [2.75, 3.05) is 19.7 Å². The van der Waals surface area contributed by atoms with Crippen LogP contribution in [-0.2, 0) is 20.9 Å². The van der Waals surface area contributed by atoms with Crippen LogP contribution in [0.3, 0.4) is 0 Å². The maximum absolute atomic E-state index is 13.1. The lowest BCUT2D eigenvalue weighted by atomic mass is 9.58. The fourth-order valence-electron chi connectivity index (χ4n) is 6.08. The molecular weight excluding hydrogens is 420 g/mol. The molecule has 4 rings (SSSR count). The van der Waals surface area contributed by atoms with Crippen LogP contribution in [0, 0.1) is 17.3 Å². The summed E-state index contributed by atoms with van der Waals surface area (Å²) in [5, 5.41) is 3.26. The van der Waals surface area contributed by atoms with E-state index < -0.39 is 17.4 Å². The van der Waals surface area contributed by atoms with Crippen molar-refractivity contribution in [1.82, 2.24) is 10.2 Å². The number of amides is 3. The van der Waals surface area contributed by atoms with Gasteiger partial charge < -0.3 is 21.5 Å². The molecule has 8 nitrogen and oxygen atoms in total. The van der Waals surface area contributed by atoms with E-state index in [2.05, 4.69) is 10.2 Å². The minimum Gasteiger partial charge on any atom is -0.369 e. The summed E-state index contributed by atoms with van der Waals surface area (Å²) in [5.74, 6) is 0.105. The number of morpholine rings is 1. The molecule has 0 radical (unpaired) electrons. The molecule has 3 unspecified atom stereocenters. The van der Waals surface area contributed by atoms with Gasteiger partial charge >= 0.3 is 0 Å². The van der Waals surface area contributed by atoms with E-state index in [1.54, 1.807) is 12.1 Å². The van der Waals surface area contributed by atoms with Crippen LogP contribution in [0.15, 0.2) is 24.3 Å². The minimum absolute atomic E-state index is 0.0691. The average Bonchev–Trinajstić information content (AvgIpc) is 2.81. The van der Waals surface area contributed by atoms with Gasteiger partial charge in [0, 0.05) is 36.7 Å². The predicted molar refractivity (Wildman–Crippen MR) is 124 cm³/mol. The summed E-state index contributed by atoms with van der Waals surface area (Å²) in [6.07, 6.45) is 4.92. The molecule has 2 bridgehead atoms. The Morgan fingerprint density at radius 1 is 1.15 bits per heavy atom. The molecule has 5 atom stereocenters. The molecule has 33 heavy (non-hydrogen) atoms. The number of benzene rings is 1. The number of primary amides is 2. The number of ether oxygens (including phenoxy) is 1. The molecule has 2 saturated carbocycles. The molecule has 1 aliphatic heterocycles. The van der Waals surface area contributed by atoms with E-state index in [0.29, 0.717) is 31.2 Å². The fraction of sp³-hybridized carbons (Fsp3) is 0.640. The van der Waals surface area contributed by atoms with Crippen LogP contribution >= 0.6 is 0 Å². The molecule has 3 fully saturated rings. The van der Waals surface area contributed by atoms with E-state index in [9.17, 15) is 14.4 Å². The molecule has 0 aromatic heterocycles. The Labute approximate surface area is 195 Å². The fourth-order valence-corrected chi connectivity index (χ4v) is 6.08. The van der Waals surface area contributed by atoms with Gasteiger partial charge in [0.15, 0.2) is 0 Å². The molecule has 3 amide bonds. The van der Waals surface area contributed by atoms with Crippen molar-refractivity contribution in [3.05, 3.63) is 35.4 Å². The normalized spacial score (nSPS) is 32.2. The van der Waals surface area contributed by atoms with Gasteiger partial charge in [-0.3, -0.25) is 19.3 Å². The molecular formula is C25H36N4O4. The summed E-state index contributed by atoms with van der Waals surface area (Å²) < 4.78 is 5.82. The lowest BCUT2D eigenvalue weighted by molar-refractivity contribution is -0.141. The topological polar surface area (TPSA) is 128 Å². The molecule has 1 heterocycles. The third-order valence-corrected chi connectivity index (χ3v) is 8.04. The maximum atomic E-state index is 13.1. The van der Waals surface area contributed by atoms with Crippen LogP contribution < -0.4 is 16.8 Å². The van der Waals surface area contributed by atoms with Gasteiger partial charge in [0.05, 0.1) is 6.61 Å². The van der Waals surface area contributed by atoms with Crippen molar-refractivity contribution in [2.45, 2.75) is 64.1 Å². The van der Waals surface area contributed by atoms with E-state index in [0.717, 1.165) is 50.6 Å². The van der Waals surface area contributed by atoms with Crippen LogP contribution in [0.25, 0.3) is 0 Å². The Bertz CT molecular complexity index is 889. The zero-order valence-electron chi connectivity index (χ0n) is 19.4. The van der Waals surface area contributed by atoms with Gasteiger partial charge in [-0.1, -0.05) is 19.1 Å². The highest BCUT2D eigenvalue weighted by Crippen LogP contribution is 2.50. The molecule has 8 heteroatoms. The lowest BCUT2D eigenvalue weighted by Gasteiger charge is -2.48. The molecule has 3 aliphatic rings. The zero-order valence-corrected chi connectivity index (χ0v) is 19.4. The van der Waals surface area contributed by atoms with Crippen LogP contribution in [0.1, 0.15) is 61.4 Å². The first kappa shape index (κ1) is 23.7. The summed E-state index contributed by atoms with van der Waals surface area (Å²) in [6, 6.07) is 7.31. The van der Waals surface area contributed by atoms with Crippen LogP contribution in [0.4, 0.5) is 0 Å².